The number of carbonyl (C=O) groups excluding carboxylic acids is 5. The molecule has 0 spiro atoms. The molecule has 1 aromatic carbocycles. The molecule has 2 aliphatic heterocycles. The highest BCUT2D eigenvalue weighted by Crippen LogP contribution is 2.32. The van der Waals surface area contributed by atoms with Gasteiger partial charge in [-0.25, -0.2) is 0 Å². The standard InChI is InChI=1S/C16H15N3O5/c20-7-6-14(22)17-11-3-1-2-9-10(11)8-19(16(9)24)12-4-5-13(21)18-15(12)23/h1-3,7,12H,4-6,8H2,(H,17,22)(H,18,21,23). The van der Waals surface area contributed by atoms with Crippen LogP contribution in [0.2, 0.25) is 0 Å². The summed E-state index contributed by atoms with van der Waals surface area (Å²) in [6.45, 7) is 0.165. The lowest BCUT2D eigenvalue weighted by Crippen LogP contribution is -2.52. The fourth-order valence-corrected chi connectivity index (χ4v) is 2.98. The van der Waals surface area contributed by atoms with Crippen molar-refractivity contribution < 1.29 is 24.0 Å². The summed E-state index contributed by atoms with van der Waals surface area (Å²) in [6.07, 6.45) is 0.685. The minimum atomic E-state index is -0.707. The van der Waals surface area contributed by atoms with Gasteiger partial charge in [0.05, 0.1) is 6.42 Å². The van der Waals surface area contributed by atoms with Gasteiger partial charge in [0.1, 0.15) is 12.3 Å². The van der Waals surface area contributed by atoms with Crippen LogP contribution in [0.5, 0.6) is 0 Å². The van der Waals surface area contributed by atoms with Gasteiger partial charge in [0, 0.05) is 29.8 Å². The normalized spacial score (nSPS) is 19.8. The Morgan fingerprint density at radius 3 is 2.83 bits per heavy atom. The van der Waals surface area contributed by atoms with E-state index in [1.54, 1.807) is 18.2 Å². The van der Waals surface area contributed by atoms with Gasteiger partial charge in [-0.15, -0.1) is 0 Å². The van der Waals surface area contributed by atoms with E-state index >= 15 is 0 Å². The average molecular weight is 329 g/mol. The van der Waals surface area contributed by atoms with Crippen LogP contribution in [0.1, 0.15) is 35.2 Å². The van der Waals surface area contributed by atoms with Crippen molar-refractivity contribution >= 4 is 35.6 Å². The lowest BCUT2D eigenvalue weighted by Gasteiger charge is -2.29. The Morgan fingerprint density at radius 1 is 1.33 bits per heavy atom. The van der Waals surface area contributed by atoms with Crippen molar-refractivity contribution in [1.82, 2.24) is 10.2 Å². The average Bonchev–Trinajstić information content (AvgIpc) is 2.86. The number of nitrogens with one attached hydrogen (secondary N) is 2. The molecule has 8 heteroatoms. The fourth-order valence-electron chi connectivity index (χ4n) is 2.98. The zero-order valence-electron chi connectivity index (χ0n) is 12.7. The van der Waals surface area contributed by atoms with E-state index in [0.717, 1.165) is 0 Å². The van der Waals surface area contributed by atoms with Crippen molar-refractivity contribution in [3.63, 3.8) is 0 Å². The molecule has 3 rings (SSSR count). The van der Waals surface area contributed by atoms with E-state index in [4.69, 9.17) is 0 Å². The third-order valence-corrected chi connectivity index (χ3v) is 4.12. The smallest absolute Gasteiger partial charge is 0.255 e. The van der Waals surface area contributed by atoms with E-state index in [2.05, 4.69) is 10.6 Å². The van der Waals surface area contributed by atoms with Crippen LogP contribution >= 0.6 is 0 Å². The van der Waals surface area contributed by atoms with Gasteiger partial charge in [-0.1, -0.05) is 6.07 Å². The van der Waals surface area contributed by atoms with Crippen LogP contribution in [0.25, 0.3) is 0 Å². The SMILES string of the molecule is O=CCC(=O)Nc1cccc2c1CN(C1CCC(=O)NC1=O)C2=O. The van der Waals surface area contributed by atoms with Gasteiger partial charge in [-0.2, -0.15) is 0 Å². The summed E-state index contributed by atoms with van der Waals surface area (Å²) >= 11 is 0. The molecule has 2 aliphatic rings. The molecule has 1 saturated heterocycles. The number of aldehydes is 1. The first kappa shape index (κ1) is 15.9. The lowest BCUT2D eigenvalue weighted by atomic mass is 10.0. The number of imide groups is 1. The van der Waals surface area contributed by atoms with E-state index < -0.39 is 17.9 Å². The van der Waals surface area contributed by atoms with E-state index in [1.807, 2.05) is 0 Å². The van der Waals surface area contributed by atoms with Crippen LogP contribution < -0.4 is 10.6 Å². The summed E-state index contributed by atoms with van der Waals surface area (Å²) in [5.74, 6) is -1.61. The van der Waals surface area contributed by atoms with E-state index in [-0.39, 0.29) is 37.6 Å². The molecule has 0 radical (unpaired) electrons. The topological polar surface area (TPSA) is 113 Å². The van der Waals surface area contributed by atoms with Gasteiger partial charge in [-0.3, -0.25) is 24.5 Å². The molecule has 0 bridgehead atoms. The Balaban J connectivity index is 1.84. The lowest BCUT2D eigenvalue weighted by molar-refractivity contribution is -0.137. The maximum Gasteiger partial charge on any atom is 0.255 e. The monoisotopic (exact) mass is 329 g/mol. The Morgan fingerprint density at radius 2 is 2.12 bits per heavy atom. The number of hydrogen-bond donors (Lipinski definition) is 2. The third kappa shape index (κ3) is 2.78. The predicted molar refractivity (Wildman–Crippen MR) is 81.8 cm³/mol. The van der Waals surface area contributed by atoms with Crippen LogP contribution in [0.15, 0.2) is 18.2 Å². The molecule has 1 atom stereocenters. The van der Waals surface area contributed by atoms with Gasteiger partial charge in [-0.05, 0) is 18.6 Å². The Kier molecular flexibility index (Phi) is 4.11. The highest BCUT2D eigenvalue weighted by atomic mass is 16.2. The van der Waals surface area contributed by atoms with E-state index in [9.17, 15) is 24.0 Å². The van der Waals surface area contributed by atoms with Crippen molar-refractivity contribution in [3.8, 4) is 0 Å². The number of piperidine rings is 1. The number of nitrogens with zero attached hydrogens (tertiary/aromatic N) is 1. The van der Waals surface area contributed by atoms with Gasteiger partial charge < -0.3 is 15.0 Å². The van der Waals surface area contributed by atoms with Crippen LogP contribution in [-0.2, 0) is 25.7 Å². The Bertz CT molecular complexity index is 758. The van der Waals surface area contributed by atoms with E-state index in [1.165, 1.54) is 4.90 Å². The molecule has 0 aromatic heterocycles. The van der Waals surface area contributed by atoms with Gasteiger partial charge in [0.2, 0.25) is 17.7 Å². The largest absolute Gasteiger partial charge is 0.325 e. The zero-order valence-corrected chi connectivity index (χ0v) is 12.7. The molecular weight excluding hydrogens is 314 g/mol. The second kappa shape index (κ2) is 6.23. The maximum absolute atomic E-state index is 12.6. The van der Waals surface area contributed by atoms with E-state index in [0.29, 0.717) is 23.1 Å². The summed E-state index contributed by atoms with van der Waals surface area (Å²) < 4.78 is 0. The first-order valence-electron chi connectivity index (χ1n) is 7.51. The molecule has 4 amide bonds. The molecule has 1 aromatic rings. The number of rotatable bonds is 4. The molecule has 0 saturated carbocycles. The minimum Gasteiger partial charge on any atom is -0.325 e. The second-order valence-electron chi connectivity index (χ2n) is 5.65. The summed E-state index contributed by atoms with van der Waals surface area (Å²) in [5, 5.41) is 4.84. The van der Waals surface area contributed by atoms with Crippen LogP contribution in [0.4, 0.5) is 5.69 Å². The first-order chi connectivity index (χ1) is 11.5. The molecule has 1 fully saturated rings. The molecule has 2 N–H and O–H groups in total. The van der Waals surface area contributed by atoms with Gasteiger partial charge in [0.25, 0.3) is 5.91 Å². The van der Waals surface area contributed by atoms with Crippen molar-refractivity contribution in [2.24, 2.45) is 0 Å². The summed E-state index contributed by atoms with van der Waals surface area (Å²) in [4.78, 5) is 59.3. The van der Waals surface area contributed by atoms with Crippen molar-refractivity contribution in [3.05, 3.63) is 29.3 Å². The van der Waals surface area contributed by atoms with Crippen LogP contribution in [0, 0.1) is 0 Å². The first-order valence-corrected chi connectivity index (χ1v) is 7.51. The number of anilines is 1. The minimum absolute atomic E-state index is 0.165. The number of benzene rings is 1. The Labute approximate surface area is 137 Å². The zero-order chi connectivity index (χ0) is 17.3. The molecule has 24 heavy (non-hydrogen) atoms. The third-order valence-electron chi connectivity index (χ3n) is 4.12. The maximum atomic E-state index is 12.6. The summed E-state index contributed by atoms with van der Waals surface area (Å²) in [6, 6.07) is 4.18. The quantitative estimate of drug-likeness (QED) is 0.458. The summed E-state index contributed by atoms with van der Waals surface area (Å²) in [5.41, 5.74) is 1.46. The number of carbonyl (C=O) groups is 5. The number of amides is 4. The molecular formula is C16H15N3O5. The number of hydrogen-bond acceptors (Lipinski definition) is 5. The predicted octanol–water partition coefficient (Wildman–Crippen LogP) is -0.0249. The molecule has 0 aliphatic carbocycles. The number of fused-ring (bicyclic) bond motifs is 1. The fraction of sp³-hybridized carbons (Fsp3) is 0.312. The molecule has 124 valence electrons. The second-order valence-corrected chi connectivity index (χ2v) is 5.65. The van der Waals surface area contributed by atoms with Crippen LogP contribution in [0.3, 0.4) is 0 Å². The van der Waals surface area contributed by atoms with Gasteiger partial charge in [0.15, 0.2) is 0 Å². The van der Waals surface area contributed by atoms with Gasteiger partial charge >= 0.3 is 0 Å². The van der Waals surface area contributed by atoms with Crippen molar-refractivity contribution in [1.29, 1.82) is 0 Å². The summed E-state index contributed by atoms with van der Waals surface area (Å²) in [7, 11) is 0. The highest BCUT2D eigenvalue weighted by Gasteiger charge is 2.39. The van der Waals surface area contributed by atoms with Crippen molar-refractivity contribution in [2.75, 3.05) is 5.32 Å². The highest BCUT2D eigenvalue weighted by molar-refractivity contribution is 6.07. The molecule has 1 unspecified atom stereocenters. The van der Waals surface area contributed by atoms with Crippen molar-refractivity contribution in [2.45, 2.75) is 31.8 Å². The Hall–Kier alpha value is -3.03. The molecule has 2 heterocycles. The molecule has 8 nitrogen and oxygen atoms in total. The van der Waals surface area contributed by atoms with Crippen LogP contribution in [-0.4, -0.2) is 40.9 Å².